The standard InChI is InChI=1S/C18H16F3NO4/c1-24-11-14(17(23)25-2)13-7-4-3-6-12(13)10-26-16-9-5-8-15(22-16)18(19,20)21/h3-9,11H,10H2,1-2H3/b14-11+/i1D3,2D3. The van der Waals surface area contributed by atoms with Gasteiger partial charge in [-0.15, -0.1) is 0 Å². The van der Waals surface area contributed by atoms with Gasteiger partial charge in [-0.25, -0.2) is 9.78 Å². The maximum Gasteiger partial charge on any atom is 0.433 e. The number of methoxy groups -OCH3 is 2. The molecule has 0 saturated heterocycles. The van der Waals surface area contributed by atoms with Gasteiger partial charge in [0, 0.05) is 6.07 Å². The number of alkyl halides is 3. The molecule has 2 aromatic rings. The van der Waals surface area contributed by atoms with Crippen molar-refractivity contribution >= 4 is 11.5 Å². The first kappa shape index (κ1) is 12.3. The van der Waals surface area contributed by atoms with Crippen molar-refractivity contribution < 1.29 is 40.4 Å². The summed E-state index contributed by atoms with van der Waals surface area (Å²) >= 11 is 0. The van der Waals surface area contributed by atoms with Crippen LogP contribution in [0.25, 0.3) is 5.57 Å². The molecule has 0 saturated carbocycles. The number of aromatic nitrogens is 1. The lowest BCUT2D eigenvalue weighted by Gasteiger charge is -2.13. The maximum atomic E-state index is 12.8. The quantitative estimate of drug-likeness (QED) is 0.437. The Bertz CT molecular complexity index is 990. The second kappa shape index (κ2) is 8.37. The average Bonchev–Trinajstić information content (AvgIpc) is 2.64. The number of benzene rings is 1. The molecule has 0 aliphatic carbocycles. The van der Waals surface area contributed by atoms with Crippen LogP contribution in [-0.2, 0) is 27.1 Å². The highest BCUT2D eigenvalue weighted by atomic mass is 19.4. The number of ether oxygens (including phenoxy) is 3. The van der Waals surface area contributed by atoms with E-state index in [1.807, 2.05) is 0 Å². The monoisotopic (exact) mass is 373 g/mol. The number of nitrogens with zero attached hydrogens (tertiary/aromatic N) is 1. The van der Waals surface area contributed by atoms with Crippen molar-refractivity contribution in [1.29, 1.82) is 0 Å². The summed E-state index contributed by atoms with van der Waals surface area (Å²) in [5.41, 5.74) is -1.54. The summed E-state index contributed by atoms with van der Waals surface area (Å²) in [6, 6.07) is 8.77. The summed E-state index contributed by atoms with van der Waals surface area (Å²) in [7, 11) is -6.07. The van der Waals surface area contributed by atoms with Crippen LogP contribution in [0.15, 0.2) is 48.7 Å². The minimum Gasteiger partial charge on any atom is -0.503 e. The third-order valence-corrected chi connectivity index (χ3v) is 3.19. The number of halogens is 3. The van der Waals surface area contributed by atoms with E-state index in [-0.39, 0.29) is 17.0 Å². The number of hydrogen-bond donors (Lipinski definition) is 0. The molecule has 0 amide bonds. The molecule has 0 bridgehead atoms. The van der Waals surface area contributed by atoms with E-state index in [0.717, 1.165) is 12.1 Å². The highest BCUT2D eigenvalue weighted by molar-refractivity contribution is 6.16. The molecule has 5 nitrogen and oxygen atoms in total. The number of hydrogen-bond acceptors (Lipinski definition) is 5. The van der Waals surface area contributed by atoms with Crippen LogP contribution < -0.4 is 4.74 Å². The summed E-state index contributed by atoms with van der Waals surface area (Å²) in [5, 5.41) is 0. The zero-order valence-electron chi connectivity index (χ0n) is 19.0. The number of pyridine rings is 1. The van der Waals surface area contributed by atoms with Gasteiger partial charge < -0.3 is 14.2 Å². The Kier molecular flexibility index (Phi) is 3.97. The van der Waals surface area contributed by atoms with Gasteiger partial charge in [-0.1, -0.05) is 30.3 Å². The van der Waals surface area contributed by atoms with Crippen LogP contribution in [0.2, 0.25) is 0 Å². The van der Waals surface area contributed by atoms with Crippen LogP contribution >= 0.6 is 0 Å². The van der Waals surface area contributed by atoms with E-state index in [4.69, 9.17) is 13.0 Å². The Morgan fingerprint density at radius 1 is 1.19 bits per heavy atom. The van der Waals surface area contributed by atoms with Crippen molar-refractivity contribution in [3.8, 4) is 5.88 Å². The van der Waals surface area contributed by atoms with Gasteiger partial charge in [0.1, 0.15) is 17.9 Å². The van der Waals surface area contributed by atoms with Crippen LogP contribution in [0.3, 0.4) is 0 Å². The molecular weight excluding hydrogens is 351 g/mol. The molecule has 0 radical (unpaired) electrons. The molecule has 0 aliphatic rings. The van der Waals surface area contributed by atoms with Crippen LogP contribution in [0.4, 0.5) is 13.2 Å². The average molecular weight is 373 g/mol. The molecular formula is C18H16F3NO4. The van der Waals surface area contributed by atoms with E-state index in [2.05, 4.69) is 14.5 Å². The van der Waals surface area contributed by atoms with Crippen molar-refractivity contribution in [3.05, 3.63) is 65.5 Å². The predicted molar refractivity (Wildman–Crippen MR) is 87.0 cm³/mol. The van der Waals surface area contributed by atoms with E-state index < -0.39 is 44.1 Å². The van der Waals surface area contributed by atoms with Gasteiger partial charge in [-0.3, -0.25) is 0 Å². The van der Waals surface area contributed by atoms with Crippen molar-refractivity contribution in [2.75, 3.05) is 14.1 Å². The van der Waals surface area contributed by atoms with E-state index in [1.165, 1.54) is 30.3 Å². The zero-order valence-corrected chi connectivity index (χ0v) is 13.0. The van der Waals surface area contributed by atoms with Crippen LogP contribution in [0, 0.1) is 0 Å². The summed E-state index contributed by atoms with van der Waals surface area (Å²) in [4.78, 5) is 15.7. The third kappa shape index (κ3) is 4.75. The Morgan fingerprint density at radius 2 is 2.00 bits per heavy atom. The fourth-order valence-corrected chi connectivity index (χ4v) is 2.05. The summed E-state index contributed by atoms with van der Waals surface area (Å²) in [5.74, 6) is -1.76. The van der Waals surface area contributed by atoms with Gasteiger partial charge in [0.05, 0.1) is 28.6 Å². The molecule has 2 rings (SSSR count). The predicted octanol–water partition coefficient (Wildman–Crippen LogP) is 3.84. The number of esters is 1. The van der Waals surface area contributed by atoms with E-state index in [0.29, 0.717) is 6.26 Å². The first-order valence-electron chi connectivity index (χ1n) is 10.0. The zero-order chi connectivity index (χ0) is 24.2. The number of carbonyl (C=O) groups excluding carboxylic acids is 1. The first-order valence-corrected chi connectivity index (χ1v) is 7.02. The van der Waals surface area contributed by atoms with Gasteiger partial charge in [0.25, 0.3) is 0 Å². The van der Waals surface area contributed by atoms with E-state index in [9.17, 15) is 18.0 Å². The van der Waals surface area contributed by atoms with Crippen LogP contribution in [-0.4, -0.2) is 25.0 Å². The lowest BCUT2D eigenvalue weighted by molar-refractivity contribution is -0.141. The molecule has 1 aromatic heterocycles. The fraction of sp³-hybridized carbons (Fsp3) is 0.222. The lowest BCUT2D eigenvalue weighted by Crippen LogP contribution is -2.10. The Hall–Kier alpha value is -3.03. The van der Waals surface area contributed by atoms with E-state index in [1.54, 1.807) is 0 Å². The molecule has 0 aliphatic heterocycles. The van der Waals surface area contributed by atoms with Crippen molar-refractivity contribution in [2.45, 2.75) is 12.8 Å². The second-order valence-electron chi connectivity index (χ2n) is 4.84. The normalized spacial score (nSPS) is 16.2. The Balaban J connectivity index is 2.36. The Labute approximate surface area is 156 Å². The molecule has 0 fully saturated rings. The molecule has 0 N–H and O–H groups in total. The van der Waals surface area contributed by atoms with Gasteiger partial charge in [0.2, 0.25) is 5.88 Å². The SMILES string of the molecule is [2H]C([2H])([2H])O/C=C(/C(=O)OC([2H])([2H])[2H])c1ccccc1COc1cccc(C(F)(F)F)n1. The number of carbonyl (C=O) groups is 1. The molecule has 1 heterocycles. The molecule has 0 atom stereocenters. The van der Waals surface area contributed by atoms with Gasteiger partial charge in [0.15, 0.2) is 0 Å². The van der Waals surface area contributed by atoms with E-state index >= 15 is 0 Å². The minimum absolute atomic E-state index is 0.0158. The topological polar surface area (TPSA) is 57.7 Å². The van der Waals surface area contributed by atoms with Crippen molar-refractivity contribution in [2.24, 2.45) is 0 Å². The molecule has 138 valence electrons. The Morgan fingerprint density at radius 3 is 2.73 bits per heavy atom. The molecule has 1 aromatic carbocycles. The van der Waals surface area contributed by atoms with Gasteiger partial charge in [-0.2, -0.15) is 13.2 Å². The largest absolute Gasteiger partial charge is 0.503 e. The first-order chi connectivity index (χ1) is 14.7. The summed E-state index contributed by atoms with van der Waals surface area (Å²) < 4.78 is 95.2. The number of rotatable bonds is 6. The summed E-state index contributed by atoms with van der Waals surface area (Å²) in [6.07, 6.45) is -4.15. The lowest BCUT2D eigenvalue weighted by atomic mass is 10.0. The minimum atomic E-state index is -4.68. The maximum absolute atomic E-state index is 12.8. The third-order valence-electron chi connectivity index (χ3n) is 3.19. The van der Waals surface area contributed by atoms with Crippen molar-refractivity contribution in [1.82, 2.24) is 4.98 Å². The van der Waals surface area contributed by atoms with Crippen LogP contribution in [0.1, 0.15) is 25.0 Å². The second-order valence-corrected chi connectivity index (χ2v) is 4.84. The molecule has 8 heteroatoms. The summed E-state index contributed by atoms with van der Waals surface area (Å²) in [6.45, 7) is -0.392. The molecule has 0 spiro atoms. The fourth-order valence-electron chi connectivity index (χ4n) is 2.05. The van der Waals surface area contributed by atoms with Crippen molar-refractivity contribution in [3.63, 3.8) is 0 Å². The van der Waals surface area contributed by atoms with Gasteiger partial charge in [-0.05, 0) is 17.2 Å². The van der Waals surface area contributed by atoms with Crippen LogP contribution in [0.5, 0.6) is 5.88 Å². The highest BCUT2D eigenvalue weighted by Crippen LogP contribution is 2.29. The molecule has 26 heavy (non-hydrogen) atoms. The highest BCUT2D eigenvalue weighted by Gasteiger charge is 2.32. The smallest absolute Gasteiger partial charge is 0.433 e. The van der Waals surface area contributed by atoms with Gasteiger partial charge >= 0.3 is 12.1 Å². The molecule has 0 unspecified atom stereocenters.